The fourth-order valence-electron chi connectivity index (χ4n) is 7.52. The van der Waals surface area contributed by atoms with Crippen LogP contribution in [0, 0.1) is 0 Å². The van der Waals surface area contributed by atoms with Crippen LogP contribution in [0.25, 0.3) is 69.6 Å². The molecule has 0 unspecified atom stereocenters. The molecule has 0 atom stereocenters. The number of hydrogen-bond acceptors (Lipinski definition) is 2. The summed E-state index contributed by atoms with van der Waals surface area (Å²) in [7, 11) is 0. The minimum absolute atomic E-state index is 1.12. The van der Waals surface area contributed by atoms with Crippen molar-refractivity contribution in [2.24, 2.45) is 0 Å². The van der Waals surface area contributed by atoms with Crippen LogP contribution in [0.4, 0.5) is 17.1 Å². The molecule has 0 aliphatic heterocycles. The largest absolute Gasteiger partial charge is 0.310 e. The van der Waals surface area contributed by atoms with Crippen LogP contribution in [0.1, 0.15) is 0 Å². The van der Waals surface area contributed by atoms with Crippen molar-refractivity contribution >= 4 is 81.1 Å². The molecule has 2 aromatic heterocycles. The molecule has 0 N–H and O–H groups in total. The minimum Gasteiger partial charge on any atom is -0.310 e. The number of fused-ring (bicyclic) bond motifs is 8. The summed E-state index contributed by atoms with van der Waals surface area (Å²) in [6.07, 6.45) is 0. The Morgan fingerprint density at radius 1 is 0.388 bits per heavy atom. The van der Waals surface area contributed by atoms with Crippen molar-refractivity contribution in [2.75, 3.05) is 4.90 Å². The summed E-state index contributed by atoms with van der Waals surface area (Å²) in [6, 6.07) is 66.2. The Balaban J connectivity index is 1.20. The molecule has 10 rings (SSSR count). The average molecular weight is 643 g/mol. The third-order valence-corrected chi connectivity index (χ3v) is 10.9. The Labute approximate surface area is 288 Å². The third-order valence-electron chi connectivity index (χ3n) is 9.74. The number of para-hydroxylation sites is 2. The smallest absolute Gasteiger partial charge is 0.0619 e. The van der Waals surface area contributed by atoms with Gasteiger partial charge in [-0.2, -0.15) is 0 Å². The number of hydrogen-bond donors (Lipinski definition) is 0. The van der Waals surface area contributed by atoms with Crippen LogP contribution in [-0.4, -0.2) is 4.57 Å². The molecule has 0 aliphatic rings. The van der Waals surface area contributed by atoms with Crippen molar-refractivity contribution in [1.82, 2.24) is 4.57 Å². The lowest BCUT2D eigenvalue weighted by Gasteiger charge is -2.26. The van der Waals surface area contributed by atoms with Crippen LogP contribution >= 0.6 is 11.3 Å². The number of aromatic nitrogens is 1. The topological polar surface area (TPSA) is 8.17 Å². The molecule has 8 aromatic carbocycles. The highest BCUT2D eigenvalue weighted by molar-refractivity contribution is 7.25. The molecule has 0 radical (unpaired) electrons. The molecule has 2 heterocycles. The van der Waals surface area contributed by atoms with Crippen LogP contribution in [0.5, 0.6) is 0 Å². The highest BCUT2D eigenvalue weighted by atomic mass is 32.1. The monoisotopic (exact) mass is 642 g/mol. The Morgan fingerprint density at radius 3 is 1.88 bits per heavy atom. The molecule has 49 heavy (non-hydrogen) atoms. The van der Waals surface area contributed by atoms with Crippen LogP contribution in [0.3, 0.4) is 0 Å². The van der Waals surface area contributed by atoms with Crippen molar-refractivity contribution in [1.29, 1.82) is 0 Å². The van der Waals surface area contributed by atoms with Crippen LogP contribution in [0.15, 0.2) is 182 Å². The fraction of sp³-hybridized carbons (Fsp3) is 0. The number of anilines is 3. The van der Waals surface area contributed by atoms with Gasteiger partial charge in [-0.05, 0) is 77.2 Å². The number of nitrogens with zero attached hydrogens (tertiary/aromatic N) is 2. The van der Waals surface area contributed by atoms with Gasteiger partial charge in [0.05, 0.1) is 11.0 Å². The van der Waals surface area contributed by atoms with E-state index >= 15 is 0 Å². The van der Waals surface area contributed by atoms with Gasteiger partial charge in [0, 0.05) is 59.1 Å². The van der Waals surface area contributed by atoms with E-state index in [2.05, 4.69) is 191 Å². The van der Waals surface area contributed by atoms with E-state index in [1.54, 1.807) is 0 Å². The maximum absolute atomic E-state index is 2.42. The van der Waals surface area contributed by atoms with Gasteiger partial charge in [-0.15, -0.1) is 11.3 Å². The van der Waals surface area contributed by atoms with E-state index in [1.807, 2.05) is 11.3 Å². The lowest BCUT2D eigenvalue weighted by molar-refractivity contribution is 1.19. The average Bonchev–Trinajstić information content (AvgIpc) is 3.71. The molecule has 0 fully saturated rings. The van der Waals surface area contributed by atoms with Gasteiger partial charge < -0.3 is 9.47 Å². The molecule has 0 bridgehead atoms. The summed E-state index contributed by atoms with van der Waals surface area (Å²) in [4.78, 5) is 2.41. The van der Waals surface area contributed by atoms with Crippen molar-refractivity contribution < 1.29 is 0 Å². The van der Waals surface area contributed by atoms with E-state index in [0.717, 1.165) is 17.1 Å². The van der Waals surface area contributed by atoms with Crippen LogP contribution in [-0.2, 0) is 0 Å². The van der Waals surface area contributed by atoms with Gasteiger partial charge in [0.1, 0.15) is 0 Å². The molecular weight excluding hydrogens is 613 g/mol. The van der Waals surface area contributed by atoms with E-state index in [-0.39, 0.29) is 0 Å². The van der Waals surface area contributed by atoms with Gasteiger partial charge in [-0.3, -0.25) is 0 Å². The van der Waals surface area contributed by atoms with Gasteiger partial charge in [-0.1, -0.05) is 121 Å². The summed E-state index contributed by atoms with van der Waals surface area (Å²) < 4.78 is 5.02. The zero-order valence-corrected chi connectivity index (χ0v) is 27.4. The minimum atomic E-state index is 1.12. The van der Waals surface area contributed by atoms with Crippen LogP contribution < -0.4 is 4.90 Å². The Kier molecular flexibility index (Phi) is 6.39. The molecular formula is C46H30N2S. The first-order valence-corrected chi connectivity index (χ1v) is 17.5. The van der Waals surface area contributed by atoms with E-state index in [9.17, 15) is 0 Å². The number of rotatable bonds is 5. The predicted molar refractivity (Wildman–Crippen MR) is 211 cm³/mol. The summed E-state index contributed by atoms with van der Waals surface area (Å²) in [5.74, 6) is 0. The van der Waals surface area contributed by atoms with Crippen molar-refractivity contribution in [3.63, 3.8) is 0 Å². The highest BCUT2D eigenvalue weighted by Gasteiger charge is 2.19. The summed E-state index contributed by atoms with van der Waals surface area (Å²) >= 11 is 1.86. The second-order valence-electron chi connectivity index (χ2n) is 12.6. The second kappa shape index (κ2) is 11.2. The molecule has 10 aromatic rings. The number of thiophene rings is 1. The molecule has 0 aliphatic carbocycles. The van der Waals surface area contributed by atoms with E-state index < -0.39 is 0 Å². The first-order valence-electron chi connectivity index (χ1n) is 16.7. The maximum Gasteiger partial charge on any atom is 0.0619 e. The van der Waals surface area contributed by atoms with Crippen molar-refractivity contribution in [2.45, 2.75) is 0 Å². The van der Waals surface area contributed by atoms with Crippen LogP contribution in [0.2, 0.25) is 0 Å². The van der Waals surface area contributed by atoms with Gasteiger partial charge in [0.2, 0.25) is 0 Å². The van der Waals surface area contributed by atoms with Gasteiger partial charge >= 0.3 is 0 Å². The third kappa shape index (κ3) is 4.55. The zero-order valence-electron chi connectivity index (χ0n) is 26.6. The SMILES string of the molecule is c1ccc(-c2cccc(N(c3ccc4c(ccc5c6ccccc6n(-c6ccccc6)c45)c3)c3ccc4c(c3)sc3ccccc34)c2)cc1. The fourth-order valence-corrected chi connectivity index (χ4v) is 8.66. The standard InChI is InChI=1S/C46H30N2S/c1-3-12-31(13-4-1)32-14-11-17-35(28-32)47(37-24-27-41-40-19-8-10-21-44(40)49-45(41)30-37)36-23-26-38-33(29-36)22-25-42-39-18-7-9-20-43(39)48(46(38)42)34-15-5-2-6-16-34/h1-30H. The normalized spacial score (nSPS) is 11.7. The number of benzene rings is 8. The molecule has 0 amide bonds. The van der Waals surface area contributed by atoms with E-state index in [0.29, 0.717) is 0 Å². The summed E-state index contributed by atoms with van der Waals surface area (Å²) in [5.41, 5.74) is 9.42. The Bertz CT molecular complexity index is 2830. The zero-order chi connectivity index (χ0) is 32.3. The Morgan fingerprint density at radius 2 is 1.02 bits per heavy atom. The Hall–Kier alpha value is -6.16. The quantitative estimate of drug-likeness (QED) is 0.181. The summed E-state index contributed by atoms with van der Waals surface area (Å²) in [5, 5.41) is 7.59. The van der Waals surface area contributed by atoms with Gasteiger partial charge in [0.15, 0.2) is 0 Å². The summed E-state index contributed by atoms with van der Waals surface area (Å²) in [6.45, 7) is 0. The first kappa shape index (κ1) is 27.9. The molecule has 0 saturated carbocycles. The van der Waals surface area contributed by atoms with Gasteiger partial charge in [-0.25, -0.2) is 0 Å². The molecule has 0 saturated heterocycles. The predicted octanol–water partition coefficient (Wildman–Crippen LogP) is 13.4. The first-order chi connectivity index (χ1) is 24.3. The molecule has 230 valence electrons. The lowest BCUT2D eigenvalue weighted by atomic mass is 10.0. The highest BCUT2D eigenvalue weighted by Crippen LogP contribution is 2.43. The lowest BCUT2D eigenvalue weighted by Crippen LogP contribution is -2.10. The van der Waals surface area contributed by atoms with E-state index in [1.165, 1.54) is 69.6 Å². The molecule has 3 heteroatoms. The van der Waals surface area contributed by atoms with Crippen molar-refractivity contribution in [3.8, 4) is 16.8 Å². The second-order valence-corrected chi connectivity index (χ2v) is 13.7. The molecule has 2 nitrogen and oxygen atoms in total. The maximum atomic E-state index is 2.42. The van der Waals surface area contributed by atoms with E-state index in [4.69, 9.17) is 0 Å². The van der Waals surface area contributed by atoms with Crippen molar-refractivity contribution in [3.05, 3.63) is 182 Å². The van der Waals surface area contributed by atoms with Gasteiger partial charge in [0.25, 0.3) is 0 Å². The molecule has 0 spiro atoms.